The van der Waals surface area contributed by atoms with Crippen molar-refractivity contribution in [1.82, 2.24) is 9.88 Å². The summed E-state index contributed by atoms with van der Waals surface area (Å²) >= 11 is 0. The van der Waals surface area contributed by atoms with Crippen LogP contribution < -0.4 is 10.2 Å². The van der Waals surface area contributed by atoms with Gasteiger partial charge in [0, 0.05) is 23.9 Å². The Labute approximate surface area is 188 Å². The smallest absolute Gasteiger partial charge is 0.276 e. The minimum Gasteiger partial charge on any atom is -0.463 e. The lowest BCUT2D eigenvalue weighted by Gasteiger charge is -2.45. The number of aryl methyl sites for hydroxylation is 1. The Kier molecular flexibility index (Phi) is 4.91. The average Bonchev–Trinajstić information content (AvgIpc) is 3.35. The minimum atomic E-state index is -1.06. The highest BCUT2D eigenvalue weighted by Gasteiger charge is 2.49. The molecular weight excluding hydrogens is 402 g/mol. The number of hydrogen-bond acceptors (Lipinski definition) is 3. The Morgan fingerprint density at radius 1 is 1.16 bits per heavy atom. The van der Waals surface area contributed by atoms with E-state index in [0.29, 0.717) is 23.7 Å². The number of carbonyl (C=O) groups excluding carboxylic acids is 2. The summed E-state index contributed by atoms with van der Waals surface area (Å²) in [6, 6.07) is 9.73. The summed E-state index contributed by atoms with van der Waals surface area (Å²) in [6.07, 6.45) is 5.85. The Morgan fingerprint density at radius 2 is 1.91 bits per heavy atom. The lowest BCUT2D eigenvalue weighted by atomic mass is 9.86. The molecule has 168 valence electrons. The fraction of sp³-hybridized carbons (Fsp3) is 0.462. The zero-order chi connectivity index (χ0) is 22.6. The molecule has 0 saturated heterocycles. The topological polar surface area (TPSA) is 67.5 Å². The quantitative estimate of drug-likeness (QED) is 0.634. The van der Waals surface area contributed by atoms with Crippen molar-refractivity contribution in [3.63, 3.8) is 0 Å². The van der Waals surface area contributed by atoms with Gasteiger partial charge in [0.05, 0.1) is 18.3 Å². The molecule has 0 bridgehead atoms. The van der Waals surface area contributed by atoms with E-state index in [4.69, 9.17) is 4.42 Å². The van der Waals surface area contributed by atoms with Crippen LogP contribution in [0.3, 0.4) is 0 Å². The molecule has 1 N–H and O–H groups in total. The first kappa shape index (κ1) is 20.9. The van der Waals surface area contributed by atoms with Crippen molar-refractivity contribution in [3.8, 4) is 0 Å². The van der Waals surface area contributed by atoms with E-state index >= 15 is 0 Å². The summed E-state index contributed by atoms with van der Waals surface area (Å²) in [4.78, 5) is 29.5. The third kappa shape index (κ3) is 3.15. The van der Waals surface area contributed by atoms with Crippen LogP contribution in [0.5, 0.6) is 0 Å². The monoisotopic (exact) mass is 433 g/mol. The third-order valence-corrected chi connectivity index (χ3v) is 7.56. The molecule has 5 rings (SSSR count). The zero-order valence-corrected chi connectivity index (χ0v) is 19.3. The molecule has 6 heteroatoms. The maximum absolute atomic E-state index is 13.9. The van der Waals surface area contributed by atoms with Crippen molar-refractivity contribution in [1.29, 1.82) is 0 Å². The molecule has 0 unspecified atom stereocenters. The molecular formula is C26H31N3O3. The fourth-order valence-electron chi connectivity index (χ4n) is 5.31. The van der Waals surface area contributed by atoms with Gasteiger partial charge in [0.25, 0.3) is 5.91 Å². The molecule has 0 radical (unpaired) electrons. The second-order valence-corrected chi connectivity index (χ2v) is 9.85. The highest BCUT2D eigenvalue weighted by Crippen LogP contribution is 2.38. The van der Waals surface area contributed by atoms with Gasteiger partial charge >= 0.3 is 0 Å². The first-order chi connectivity index (χ1) is 15.3. The fourth-order valence-corrected chi connectivity index (χ4v) is 5.31. The van der Waals surface area contributed by atoms with Crippen LogP contribution in [0.2, 0.25) is 0 Å². The molecule has 1 atom stereocenters. The van der Waals surface area contributed by atoms with Gasteiger partial charge in [-0.2, -0.15) is 0 Å². The van der Waals surface area contributed by atoms with Gasteiger partial charge in [0.2, 0.25) is 5.91 Å². The van der Waals surface area contributed by atoms with Gasteiger partial charge in [-0.15, -0.1) is 0 Å². The van der Waals surface area contributed by atoms with Gasteiger partial charge in [0.1, 0.15) is 11.2 Å². The van der Waals surface area contributed by atoms with Crippen LogP contribution >= 0.6 is 0 Å². The molecule has 6 nitrogen and oxygen atoms in total. The normalized spacial score (nSPS) is 25.8. The number of aromatic nitrogens is 1. The molecule has 2 aromatic heterocycles. The SMILES string of the molecule is Cc1cccc(N2C(=O)c3cc4occc4n3C[C@]2(C)C(=O)NC2CCC(C)CC2)c1C. The van der Waals surface area contributed by atoms with Crippen molar-refractivity contribution in [2.45, 2.75) is 71.5 Å². The molecule has 0 spiro atoms. The number of anilines is 1. The molecule has 1 fully saturated rings. The second kappa shape index (κ2) is 7.54. The first-order valence-electron chi connectivity index (χ1n) is 11.6. The van der Waals surface area contributed by atoms with E-state index in [-0.39, 0.29) is 17.9 Å². The number of hydrogen-bond donors (Lipinski definition) is 1. The van der Waals surface area contributed by atoms with Gasteiger partial charge < -0.3 is 14.3 Å². The van der Waals surface area contributed by atoms with Crippen molar-refractivity contribution in [3.05, 3.63) is 53.4 Å². The lowest BCUT2D eigenvalue weighted by Crippen LogP contribution is -2.65. The number of benzene rings is 1. The summed E-state index contributed by atoms with van der Waals surface area (Å²) in [5, 5.41) is 3.30. The molecule has 1 aliphatic heterocycles. The van der Waals surface area contributed by atoms with Gasteiger partial charge in [-0.3, -0.25) is 14.5 Å². The summed E-state index contributed by atoms with van der Waals surface area (Å²) < 4.78 is 7.51. The number of amides is 2. The van der Waals surface area contributed by atoms with E-state index in [1.165, 1.54) is 0 Å². The van der Waals surface area contributed by atoms with Crippen LogP contribution in [0.25, 0.3) is 11.1 Å². The van der Waals surface area contributed by atoms with Crippen LogP contribution in [0.4, 0.5) is 5.69 Å². The summed E-state index contributed by atoms with van der Waals surface area (Å²) in [5.74, 6) is 0.437. The molecule has 3 aromatic rings. The number of nitrogens with zero attached hydrogens (tertiary/aromatic N) is 2. The van der Waals surface area contributed by atoms with Gasteiger partial charge in [-0.25, -0.2) is 0 Å². The van der Waals surface area contributed by atoms with Crippen molar-refractivity contribution in [2.24, 2.45) is 5.92 Å². The second-order valence-electron chi connectivity index (χ2n) is 9.85. The molecule has 1 saturated carbocycles. The van der Waals surface area contributed by atoms with E-state index < -0.39 is 5.54 Å². The molecule has 3 heterocycles. The zero-order valence-electron chi connectivity index (χ0n) is 19.3. The number of carbonyl (C=O) groups is 2. The summed E-state index contributed by atoms with van der Waals surface area (Å²) in [5.41, 5.74) is 3.89. The highest BCUT2D eigenvalue weighted by molar-refractivity contribution is 6.14. The molecule has 2 amide bonds. The lowest BCUT2D eigenvalue weighted by molar-refractivity contribution is -0.127. The highest BCUT2D eigenvalue weighted by atomic mass is 16.3. The van der Waals surface area contributed by atoms with Gasteiger partial charge in [-0.05, 0) is 69.6 Å². The number of fused-ring (bicyclic) bond motifs is 3. The van der Waals surface area contributed by atoms with Gasteiger partial charge in [-0.1, -0.05) is 19.1 Å². The molecule has 1 aromatic carbocycles. The van der Waals surface area contributed by atoms with E-state index in [1.54, 1.807) is 17.2 Å². The Morgan fingerprint density at radius 3 is 2.66 bits per heavy atom. The Hall–Kier alpha value is -3.02. The maximum atomic E-state index is 13.9. The largest absolute Gasteiger partial charge is 0.463 e. The first-order valence-corrected chi connectivity index (χ1v) is 11.6. The van der Waals surface area contributed by atoms with Crippen molar-refractivity contribution >= 4 is 28.6 Å². The van der Waals surface area contributed by atoms with E-state index in [2.05, 4.69) is 12.2 Å². The van der Waals surface area contributed by atoms with E-state index in [1.807, 2.05) is 49.6 Å². The van der Waals surface area contributed by atoms with Crippen LogP contribution in [0.1, 0.15) is 61.1 Å². The molecule has 32 heavy (non-hydrogen) atoms. The summed E-state index contributed by atoms with van der Waals surface area (Å²) in [6.45, 7) is 8.58. The van der Waals surface area contributed by atoms with Crippen molar-refractivity contribution < 1.29 is 14.0 Å². The van der Waals surface area contributed by atoms with E-state index in [9.17, 15) is 9.59 Å². The number of nitrogens with one attached hydrogen (secondary N) is 1. The Bertz CT molecular complexity index is 1200. The molecule has 1 aliphatic carbocycles. The van der Waals surface area contributed by atoms with Gasteiger partial charge in [0.15, 0.2) is 5.58 Å². The summed E-state index contributed by atoms with van der Waals surface area (Å²) in [7, 11) is 0. The standard InChI is InChI=1S/C26H31N3O3/c1-16-8-10-19(11-9-16)27-25(31)26(4)15-28-21-12-13-32-23(21)14-22(28)24(30)29(26)20-7-5-6-17(2)18(20)3/h5-7,12-14,16,19H,8-11,15H2,1-4H3,(H,27,31)/t16?,19?,26-/m1/s1. The van der Waals surface area contributed by atoms with E-state index in [0.717, 1.165) is 48.0 Å². The predicted octanol–water partition coefficient (Wildman–Crippen LogP) is 4.97. The number of rotatable bonds is 3. The predicted molar refractivity (Wildman–Crippen MR) is 125 cm³/mol. The molecule has 2 aliphatic rings. The van der Waals surface area contributed by atoms with Crippen molar-refractivity contribution in [2.75, 3.05) is 4.90 Å². The van der Waals surface area contributed by atoms with Crippen LogP contribution in [-0.4, -0.2) is 28.0 Å². The van der Waals surface area contributed by atoms with Crippen LogP contribution in [-0.2, 0) is 11.3 Å². The van der Waals surface area contributed by atoms with Crippen LogP contribution in [0, 0.1) is 19.8 Å². The maximum Gasteiger partial charge on any atom is 0.276 e. The Balaban J connectivity index is 1.60. The average molecular weight is 434 g/mol. The number of furan rings is 1. The van der Waals surface area contributed by atoms with Crippen LogP contribution in [0.15, 0.2) is 41.0 Å². The third-order valence-electron chi connectivity index (χ3n) is 7.56. The minimum absolute atomic E-state index is 0.0951.